The third-order valence-electron chi connectivity index (χ3n) is 7.15. The molecule has 37 heavy (non-hydrogen) atoms. The van der Waals surface area contributed by atoms with Crippen LogP contribution in [0.1, 0.15) is 87.0 Å². The lowest BCUT2D eigenvalue weighted by Crippen LogP contribution is -2.67. The Balaban J connectivity index is 0.000000335. The van der Waals surface area contributed by atoms with E-state index in [1.165, 1.54) is 36.1 Å². The van der Waals surface area contributed by atoms with E-state index in [0.29, 0.717) is 0 Å². The van der Waals surface area contributed by atoms with Gasteiger partial charge < -0.3 is 13.9 Å². The molecule has 0 N–H and O–H groups in total. The third kappa shape index (κ3) is 9.21. The average Bonchev–Trinajstić information content (AvgIpc) is 2.89. The van der Waals surface area contributed by atoms with Gasteiger partial charge in [-0.05, 0) is 52.9 Å². The lowest BCUT2D eigenvalue weighted by molar-refractivity contribution is -0.178. The third-order valence-corrected chi connectivity index (χ3v) is 12.1. The molecule has 0 spiro atoms. The molecule has 1 aliphatic rings. The molecule has 2 unspecified atom stereocenters. The maximum absolute atomic E-state index is 7.02. The Hall–Kier alpha value is -1.72. The second-order valence-corrected chi connectivity index (χ2v) is 16.3. The van der Waals surface area contributed by atoms with Crippen molar-refractivity contribution in [3.8, 4) is 0 Å². The van der Waals surface area contributed by atoms with E-state index in [1.54, 1.807) is 0 Å². The number of hydrogen-bond donors (Lipinski definition) is 0. The minimum Gasteiger partial charge on any atom is -0.407 e. The van der Waals surface area contributed by atoms with Gasteiger partial charge in [-0.15, -0.1) is 6.58 Å². The Morgan fingerprint density at radius 1 is 0.946 bits per heavy atom. The van der Waals surface area contributed by atoms with Gasteiger partial charge in [0.05, 0.1) is 6.10 Å². The summed E-state index contributed by atoms with van der Waals surface area (Å²) >= 11 is 0. The van der Waals surface area contributed by atoms with E-state index in [4.69, 9.17) is 13.9 Å². The van der Waals surface area contributed by atoms with Crippen molar-refractivity contribution in [1.82, 2.24) is 0 Å². The second kappa shape index (κ2) is 15.0. The molecule has 0 radical (unpaired) electrons. The first-order valence-corrected chi connectivity index (χ1v) is 16.1. The van der Waals surface area contributed by atoms with Crippen LogP contribution in [0.4, 0.5) is 0 Å². The van der Waals surface area contributed by atoms with E-state index < -0.39 is 8.32 Å². The Bertz CT molecular complexity index is 843. The summed E-state index contributed by atoms with van der Waals surface area (Å²) in [4.78, 5) is 0. The van der Waals surface area contributed by atoms with Gasteiger partial charge in [0.1, 0.15) is 0 Å². The van der Waals surface area contributed by atoms with Crippen LogP contribution in [0.2, 0.25) is 5.04 Å². The maximum atomic E-state index is 7.02. The van der Waals surface area contributed by atoms with Crippen molar-refractivity contribution in [2.45, 2.75) is 104 Å². The molecular weight excluding hydrogens is 472 g/mol. The van der Waals surface area contributed by atoms with Crippen LogP contribution in [0.3, 0.4) is 0 Å². The summed E-state index contributed by atoms with van der Waals surface area (Å²) in [5.41, 5.74) is 0.196. The second-order valence-electron chi connectivity index (χ2n) is 12.0. The van der Waals surface area contributed by atoms with Crippen LogP contribution >= 0.6 is 0 Å². The predicted molar refractivity (Wildman–Crippen MR) is 161 cm³/mol. The van der Waals surface area contributed by atoms with Gasteiger partial charge in [-0.1, -0.05) is 122 Å². The number of ether oxygens (including phenoxy) is 2. The smallest absolute Gasteiger partial charge is 0.261 e. The van der Waals surface area contributed by atoms with Gasteiger partial charge in [-0.25, -0.2) is 0 Å². The molecule has 4 heteroatoms. The molecule has 3 nitrogen and oxygen atoms in total. The summed E-state index contributed by atoms with van der Waals surface area (Å²) in [7, 11) is -2.39. The van der Waals surface area contributed by atoms with E-state index >= 15 is 0 Å². The van der Waals surface area contributed by atoms with Crippen molar-refractivity contribution in [1.29, 1.82) is 0 Å². The molecule has 3 rings (SSSR count). The first-order valence-electron chi connectivity index (χ1n) is 14.2. The van der Waals surface area contributed by atoms with Gasteiger partial charge >= 0.3 is 0 Å². The highest BCUT2D eigenvalue weighted by atomic mass is 28.4. The van der Waals surface area contributed by atoms with E-state index in [9.17, 15) is 0 Å². The van der Waals surface area contributed by atoms with Crippen molar-refractivity contribution in [2.75, 3.05) is 13.2 Å². The molecule has 2 aromatic carbocycles. The first kappa shape index (κ1) is 31.5. The Morgan fingerprint density at radius 2 is 1.51 bits per heavy atom. The van der Waals surface area contributed by atoms with Crippen LogP contribution in [-0.4, -0.2) is 33.9 Å². The maximum Gasteiger partial charge on any atom is 0.261 e. The van der Waals surface area contributed by atoms with Gasteiger partial charge in [0, 0.05) is 13.2 Å². The van der Waals surface area contributed by atoms with Crippen LogP contribution in [0.15, 0.2) is 73.3 Å². The molecule has 2 atom stereocenters. The first-order chi connectivity index (χ1) is 17.6. The van der Waals surface area contributed by atoms with Crippen molar-refractivity contribution >= 4 is 18.7 Å². The minimum absolute atomic E-state index is 0.0155. The Kier molecular flexibility index (Phi) is 12.8. The number of hydrogen-bond acceptors (Lipinski definition) is 3. The van der Waals surface area contributed by atoms with Crippen LogP contribution < -0.4 is 10.4 Å². The topological polar surface area (TPSA) is 27.7 Å². The normalized spacial score (nSPS) is 17.4. The highest BCUT2D eigenvalue weighted by Gasteiger charge is 2.50. The van der Waals surface area contributed by atoms with E-state index in [-0.39, 0.29) is 22.8 Å². The molecule has 1 saturated heterocycles. The zero-order chi connectivity index (χ0) is 27.4. The van der Waals surface area contributed by atoms with Crippen LogP contribution in [0, 0.1) is 5.41 Å². The van der Waals surface area contributed by atoms with Crippen LogP contribution in [-0.2, 0) is 13.9 Å². The number of benzene rings is 2. The predicted octanol–water partition coefficient (Wildman–Crippen LogP) is 7.88. The average molecular weight is 525 g/mol. The van der Waals surface area contributed by atoms with E-state index in [0.717, 1.165) is 26.1 Å². The molecule has 2 aromatic rings. The van der Waals surface area contributed by atoms with Crippen molar-refractivity contribution < 1.29 is 13.9 Å². The molecule has 0 bridgehead atoms. The quantitative estimate of drug-likeness (QED) is 0.221. The Morgan fingerprint density at radius 3 is 1.92 bits per heavy atom. The van der Waals surface area contributed by atoms with Crippen LogP contribution in [0.5, 0.6) is 0 Å². The molecule has 0 saturated carbocycles. The fourth-order valence-electron chi connectivity index (χ4n) is 5.15. The summed E-state index contributed by atoms with van der Waals surface area (Å²) in [5.74, 6) is 0. The lowest BCUT2D eigenvalue weighted by atomic mass is 9.89. The zero-order valence-electron chi connectivity index (χ0n) is 24.6. The van der Waals surface area contributed by atoms with Crippen molar-refractivity contribution in [3.05, 3.63) is 73.3 Å². The SMILES string of the molecule is C=CC(CC)OC1CCCCO1.CCCC(C)(C)CO[Si](c1ccccc1)(c1ccccc1)C(C)(C)C. The monoisotopic (exact) mass is 524 g/mol. The van der Waals surface area contributed by atoms with Gasteiger partial charge in [0.25, 0.3) is 8.32 Å². The molecule has 0 amide bonds. The zero-order valence-corrected chi connectivity index (χ0v) is 25.6. The summed E-state index contributed by atoms with van der Waals surface area (Å²) in [6, 6.07) is 21.8. The van der Waals surface area contributed by atoms with Gasteiger partial charge in [-0.2, -0.15) is 0 Å². The molecule has 206 valence electrons. The minimum atomic E-state index is -2.39. The van der Waals surface area contributed by atoms with E-state index in [1.807, 2.05) is 6.08 Å². The fourth-order valence-corrected chi connectivity index (χ4v) is 9.91. The molecule has 0 aromatic heterocycles. The summed E-state index contributed by atoms with van der Waals surface area (Å²) in [5, 5.41) is 2.78. The summed E-state index contributed by atoms with van der Waals surface area (Å²) < 4.78 is 18.1. The lowest BCUT2D eigenvalue weighted by Gasteiger charge is -2.44. The van der Waals surface area contributed by atoms with Crippen LogP contribution in [0.25, 0.3) is 0 Å². The van der Waals surface area contributed by atoms with Crippen molar-refractivity contribution in [2.24, 2.45) is 5.41 Å². The molecule has 1 aliphatic heterocycles. The fraction of sp³-hybridized carbons (Fsp3) is 0.576. The van der Waals surface area contributed by atoms with E-state index in [2.05, 4.69) is 116 Å². The summed E-state index contributed by atoms with van der Waals surface area (Å²) in [6.45, 7) is 21.4. The largest absolute Gasteiger partial charge is 0.407 e. The highest BCUT2D eigenvalue weighted by Crippen LogP contribution is 2.38. The van der Waals surface area contributed by atoms with Gasteiger partial charge in [0.2, 0.25) is 0 Å². The van der Waals surface area contributed by atoms with Crippen molar-refractivity contribution in [3.63, 3.8) is 0 Å². The van der Waals surface area contributed by atoms with Gasteiger partial charge in [-0.3, -0.25) is 0 Å². The summed E-state index contributed by atoms with van der Waals surface area (Å²) in [6.07, 6.45) is 8.80. The van der Waals surface area contributed by atoms with Gasteiger partial charge in [0.15, 0.2) is 6.29 Å². The molecule has 1 heterocycles. The molecule has 0 aliphatic carbocycles. The Labute approximate surface area is 228 Å². The standard InChI is InChI=1S/C23H34OSi.C10H18O2/c1-7-18-23(5,6)19-24-25(22(2,3)4,20-14-10-8-11-15-20)21-16-12-9-13-17-21;1-3-9(4-2)12-10-7-5-6-8-11-10/h8-17H,7,18-19H2,1-6H3;3,9-10H,1,4-8H2,2H3. The molecular formula is C33H52O3Si. The number of rotatable bonds is 11. The molecule has 1 fully saturated rings. The highest BCUT2D eigenvalue weighted by molar-refractivity contribution is 6.99.